The summed E-state index contributed by atoms with van der Waals surface area (Å²) in [6, 6.07) is 2.75. The van der Waals surface area contributed by atoms with Crippen LogP contribution in [0.2, 0.25) is 5.02 Å². The van der Waals surface area contributed by atoms with Crippen LogP contribution in [0.4, 0.5) is 27.6 Å². The number of rotatable bonds is 5. The molecule has 8 nitrogen and oxygen atoms in total. The van der Waals surface area contributed by atoms with Crippen LogP contribution in [-0.2, 0) is 4.79 Å². The van der Waals surface area contributed by atoms with Crippen molar-refractivity contribution in [1.29, 1.82) is 5.26 Å². The average molecular weight is 659 g/mol. The van der Waals surface area contributed by atoms with E-state index >= 15 is 8.78 Å². The molecular formula is C32H28ClF5N6O2. The Morgan fingerprint density at radius 3 is 2.22 bits per heavy atom. The summed E-state index contributed by atoms with van der Waals surface area (Å²) in [6.45, 7) is 9.88. The largest absolute Gasteiger partial charge is 0.372 e. The van der Waals surface area contributed by atoms with Crippen molar-refractivity contribution >= 4 is 39.9 Å². The van der Waals surface area contributed by atoms with Crippen LogP contribution in [0.1, 0.15) is 26.3 Å². The molecule has 2 aromatic heterocycles. The first-order chi connectivity index (χ1) is 21.7. The van der Waals surface area contributed by atoms with Gasteiger partial charge in [-0.05, 0) is 42.8 Å². The van der Waals surface area contributed by atoms with Crippen molar-refractivity contribution < 1.29 is 26.7 Å². The fourth-order valence-electron chi connectivity index (χ4n) is 6.12. The van der Waals surface area contributed by atoms with E-state index < -0.39 is 57.0 Å². The van der Waals surface area contributed by atoms with Crippen LogP contribution in [0.15, 0.2) is 41.4 Å². The lowest BCUT2D eigenvalue weighted by atomic mass is 9.93. The van der Waals surface area contributed by atoms with Crippen molar-refractivity contribution in [3.63, 3.8) is 0 Å². The molecule has 1 fully saturated rings. The van der Waals surface area contributed by atoms with Gasteiger partial charge in [0.2, 0.25) is 11.7 Å². The lowest BCUT2D eigenvalue weighted by molar-refractivity contribution is -0.126. The average Bonchev–Trinajstić information content (AvgIpc) is 3.03. The Morgan fingerprint density at radius 1 is 1.09 bits per heavy atom. The zero-order valence-corrected chi connectivity index (χ0v) is 26.0. The van der Waals surface area contributed by atoms with Crippen LogP contribution >= 0.6 is 11.6 Å². The third-order valence-electron chi connectivity index (χ3n) is 8.27. The molecule has 1 atom stereocenters. The Morgan fingerprint density at radius 2 is 1.67 bits per heavy atom. The van der Waals surface area contributed by atoms with E-state index in [0.29, 0.717) is 11.3 Å². The number of amides is 1. The van der Waals surface area contributed by atoms with Crippen molar-refractivity contribution in [3.05, 3.63) is 86.6 Å². The number of pyridine rings is 2. The Bertz CT molecular complexity index is 1950. The molecule has 5 rings (SSSR count). The van der Waals surface area contributed by atoms with Crippen LogP contribution in [0.25, 0.3) is 28.0 Å². The van der Waals surface area contributed by atoms with Crippen molar-refractivity contribution in [2.75, 3.05) is 38.1 Å². The number of nitrogens with zero attached hydrogens (tertiary/aromatic N) is 6. The number of hydrogen-bond donors (Lipinski definition) is 0. The third-order valence-corrected chi connectivity index (χ3v) is 8.56. The SMILES string of the molecule is C=CC(=O)N1CCN(c2c(C#N)c(=O)n(C3=C(C)C=CN(C)[C@@H]3C(C)C)c3nc(-c4c(F)c(F)c(F)c(F)c4F)c(Cl)cc23)CC1. The van der Waals surface area contributed by atoms with Gasteiger partial charge in [0, 0.05) is 38.6 Å². The molecule has 0 unspecified atom stereocenters. The van der Waals surface area contributed by atoms with E-state index in [2.05, 4.69) is 11.6 Å². The van der Waals surface area contributed by atoms with Crippen molar-refractivity contribution in [2.24, 2.45) is 5.92 Å². The molecule has 240 valence electrons. The number of nitriles is 1. The summed E-state index contributed by atoms with van der Waals surface area (Å²) in [5, 5.41) is 10.0. The fraction of sp³-hybridized carbons (Fsp3) is 0.312. The highest BCUT2D eigenvalue weighted by Gasteiger charge is 2.35. The lowest BCUT2D eigenvalue weighted by Gasteiger charge is -2.38. The van der Waals surface area contributed by atoms with Gasteiger partial charge in [-0.1, -0.05) is 32.0 Å². The number of anilines is 1. The van der Waals surface area contributed by atoms with Gasteiger partial charge >= 0.3 is 0 Å². The second-order valence-corrected chi connectivity index (χ2v) is 11.8. The van der Waals surface area contributed by atoms with E-state index in [1.165, 1.54) is 17.0 Å². The molecule has 0 spiro atoms. The number of halogens is 6. The Kier molecular flexibility index (Phi) is 8.70. The van der Waals surface area contributed by atoms with Crippen molar-refractivity contribution in [2.45, 2.75) is 26.8 Å². The molecule has 0 radical (unpaired) electrons. The van der Waals surface area contributed by atoms with Crippen LogP contribution < -0.4 is 10.5 Å². The summed E-state index contributed by atoms with van der Waals surface area (Å²) in [4.78, 5) is 36.1. The van der Waals surface area contributed by atoms with Crippen LogP contribution in [-0.4, -0.2) is 64.5 Å². The number of hydrogen-bond acceptors (Lipinski definition) is 6. The number of allylic oxidation sites excluding steroid dienone is 2. The second kappa shape index (κ2) is 12.2. The van der Waals surface area contributed by atoms with Gasteiger partial charge in [-0.25, -0.2) is 26.9 Å². The van der Waals surface area contributed by atoms with E-state index in [4.69, 9.17) is 11.6 Å². The molecule has 1 saturated heterocycles. The molecule has 14 heteroatoms. The molecule has 3 aromatic rings. The van der Waals surface area contributed by atoms with Gasteiger partial charge in [-0.2, -0.15) is 5.26 Å². The predicted octanol–water partition coefficient (Wildman–Crippen LogP) is 5.83. The highest BCUT2D eigenvalue weighted by Crippen LogP contribution is 2.40. The number of aromatic nitrogens is 2. The minimum atomic E-state index is -2.35. The van der Waals surface area contributed by atoms with E-state index in [1.54, 1.807) is 24.9 Å². The standard InChI is InChI=1S/C32H28ClF5N6O2/c1-6-20(45)42-9-11-43(12-10-42)30-17-13-19(33)27(21-22(34)24(36)26(38)25(37)23(21)35)40-31(17)44(32(46)18(30)14-39)29-16(4)7-8-41(5)28(29)15(2)3/h6-8,13,15,28H,1,9-12H2,2-5H3/t28-/m1/s1. The molecule has 0 saturated carbocycles. The molecule has 0 aliphatic carbocycles. The first kappa shape index (κ1) is 32.7. The molecule has 46 heavy (non-hydrogen) atoms. The summed E-state index contributed by atoms with van der Waals surface area (Å²) in [6.07, 6.45) is 4.72. The number of fused-ring (bicyclic) bond motifs is 1. The van der Waals surface area contributed by atoms with Gasteiger partial charge in [-0.3, -0.25) is 14.2 Å². The molecule has 1 amide bonds. The monoisotopic (exact) mass is 658 g/mol. The maximum absolute atomic E-state index is 15.1. The van der Waals surface area contributed by atoms with Gasteiger partial charge in [0.05, 0.1) is 33.7 Å². The van der Waals surface area contributed by atoms with E-state index in [-0.39, 0.29) is 60.3 Å². The van der Waals surface area contributed by atoms with Crippen LogP contribution in [0.3, 0.4) is 0 Å². The first-order valence-electron chi connectivity index (χ1n) is 14.2. The summed E-state index contributed by atoms with van der Waals surface area (Å²) in [5.41, 5.74) is -2.32. The zero-order chi connectivity index (χ0) is 33.8. The van der Waals surface area contributed by atoms with Gasteiger partial charge in [0.1, 0.15) is 17.3 Å². The molecule has 2 aliphatic rings. The van der Waals surface area contributed by atoms with Crippen LogP contribution in [0.5, 0.6) is 0 Å². The second-order valence-electron chi connectivity index (χ2n) is 11.4. The molecule has 1 aromatic carbocycles. The maximum atomic E-state index is 15.1. The van der Waals surface area contributed by atoms with Crippen molar-refractivity contribution in [1.82, 2.24) is 19.4 Å². The summed E-state index contributed by atoms with van der Waals surface area (Å²) < 4.78 is 74.0. The summed E-state index contributed by atoms with van der Waals surface area (Å²) >= 11 is 6.51. The topological polar surface area (TPSA) is 85.5 Å². The Balaban J connectivity index is 1.91. The lowest BCUT2D eigenvalue weighted by Crippen LogP contribution is -2.49. The number of benzene rings is 1. The maximum Gasteiger partial charge on any atom is 0.276 e. The Hall–Kier alpha value is -4.70. The van der Waals surface area contributed by atoms with Gasteiger partial charge in [0.15, 0.2) is 23.3 Å². The zero-order valence-electron chi connectivity index (χ0n) is 25.3. The normalized spacial score (nSPS) is 16.9. The van der Waals surface area contributed by atoms with Gasteiger partial charge in [-0.15, -0.1) is 0 Å². The molecule has 0 bridgehead atoms. The number of piperazine rings is 1. The quantitative estimate of drug-likeness (QED) is 0.148. The van der Waals surface area contributed by atoms with E-state index in [9.17, 15) is 28.0 Å². The van der Waals surface area contributed by atoms with E-state index in [0.717, 1.165) is 4.57 Å². The smallest absolute Gasteiger partial charge is 0.276 e. The predicted molar refractivity (Wildman–Crippen MR) is 164 cm³/mol. The summed E-state index contributed by atoms with van der Waals surface area (Å²) in [5.74, 6) is -11.4. The first-order valence-corrected chi connectivity index (χ1v) is 14.6. The molecule has 0 N–H and O–H groups in total. The number of likely N-dealkylation sites (N-methyl/N-ethyl adjacent to an activating group) is 1. The number of carbonyl (C=O) groups excluding carboxylic acids is 1. The third kappa shape index (κ3) is 5.10. The van der Waals surface area contributed by atoms with Gasteiger partial charge < -0.3 is 14.7 Å². The number of carbonyl (C=O) groups is 1. The van der Waals surface area contributed by atoms with Crippen molar-refractivity contribution in [3.8, 4) is 17.3 Å². The molecular weight excluding hydrogens is 631 g/mol. The minimum Gasteiger partial charge on any atom is -0.372 e. The highest BCUT2D eigenvalue weighted by atomic mass is 35.5. The molecule has 2 aliphatic heterocycles. The molecule has 4 heterocycles. The Labute approximate surface area is 265 Å². The summed E-state index contributed by atoms with van der Waals surface area (Å²) in [7, 11) is 1.79. The van der Waals surface area contributed by atoms with E-state index in [1.807, 2.05) is 31.0 Å². The fourth-order valence-corrected chi connectivity index (χ4v) is 6.36. The highest BCUT2D eigenvalue weighted by molar-refractivity contribution is 6.34. The van der Waals surface area contributed by atoms with Crippen LogP contribution in [0, 0.1) is 46.3 Å². The minimum absolute atomic E-state index is 0.107. The van der Waals surface area contributed by atoms with Gasteiger partial charge in [0.25, 0.3) is 5.56 Å².